The zero-order valence-corrected chi connectivity index (χ0v) is 19.5. The molecular formula is C27H40O2. The van der Waals surface area contributed by atoms with Crippen molar-refractivity contribution in [2.24, 2.45) is 5.92 Å². The van der Waals surface area contributed by atoms with Crippen LogP contribution in [0.3, 0.4) is 0 Å². The van der Waals surface area contributed by atoms with Gasteiger partial charge in [0.15, 0.2) is 0 Å². The molecule has 0 bridgehead atoms. The summed E-state index contributed by atoms with van der Waals surface area (Å²) in [7, 11) is 0. The monoisotopic (exact) mass is 396 g/mol. The Hall–Kier alpha value is -2.22. The first-order valence-corrected chi connectivity index (χ1v) is 10.7. The normalized spacial score (nSPS) is 13.2. The van der Waals surface area contributed by atoms with E-state index >= 15 is 0 Å². The van der Waals surface area contributed by atoms with Crippen LogP contribution in [0.1, 0.15) is 78.4 Å². The van der Waals surface area contributed by atoms with Crippen LogP contribution >= 0.6 is 0 Å². The Morgan fingerprint density at radius 2 is 1.52 bits per heavy atom. The molecule has 0 spiro atoms. The SMILES string of the molecule is CC(C)=CCC/C(C)=C/CC(C=C(C)C)C/C(C)=C/Cc1c(O)ccc(O)c1C. The third kappa shape index (κ3) is 9.69. The van der Waals surface area contributed by atoms with Gasteiger partial charge < -0.3 is 10.2 Å². The van der Waals surface area contributed by atoms with E-state index in [4.69, 9.17) is 0 Å². The number of hydrogen-bond acceptors (Lipinski definition) is 2. The van der Waals surface area contributed by atoms with E-state index in [9.17, 15) is 10.2 Å². The van der Waals surface area contributed by atoms with Crippen LogP contribution in [0.25, 0.3) is 0 Å². The molecule has 29 heavy (non-hydrogen) atoms. The fourth-order valence-electron chi connectivity index (χ4n) is 3.49. The molecule has 0 radical (unpaired) electrons. The Morgan fingerprint density at radius 3 is 2.14 bits per heavy atom. The van der Waals surface area contributed by atoms with Crippen LogP contribution in [0.15, 0.2) is 58.7 Å². The molecule has 1 rings (SSSR count). The van der Waals surface area contributed by atoms with Crippen molar-refractivity contribution in [1.29, 1.82) is 0 Å². The molecule has 2 heteroatoms. The first-order chi connectivity index (χ1) is 13.6. The second-order valence-electron chi connectivity index (χ2n) is 8.78. The maximum atomic E-state index is 10.1. The number of hydrogen-bond donors (Lipinski definition) is 2. The summed E-state index contributed by atoms with van der Waals surface area (Å²) in [6, 6.07) is 3.11. The first-order valence-electron chi connectivity index (χ1n) is 10.7. The van der Waals surface area contributed by atoms with Gasteiger partial charge in [-0.3, -0.25) is 0 Å². The minimum atomic E-state index is 0.236. The van der Waals surface area contributed by atoms with Gasteiger partial charge in [-0.05, 0) is 104 Å². The minimum absolute atomic E-state index is 0.236. The molecule has 0 fully saturated rings. The Labute approximate surface area is 178 Å². The summed E-state index contributed by atoms with van der Waals surface area (Å²) in [4.78, 5) is 0. The fourth-order valence-corrected chi connectivity index (χ4v) is 3.49. The van der Waals surface area contributed by atoms with Gasteiger partial charge in [0, 0.05) is 5.56 Å². The van der Waals surface area contributed by atoms with E-state index in [0.717, 1.165) is 36.8 Å². The molecule has 1 unspecified atom stereocenters. The fraction of sp³-hybridized carbons (Fsp3) is 0.481. The molecule has 1 aromatic carbocycles. The molecule has 0 aliphatic rings. The molecular weight excluding hydrogens is 356 g/mol. The van der Waals surface area contributed by atoms with Gasteiger partial charge >= 0.3 is 0 Å². The lowest BCUT2D eigenvalue weighted by Gasteiger charge is -2.14. The van der Waals surface area contributed by atoms with Crippen molar-refractivity contribution in [3.05, 3.63) is 69.9 Å². The van der Waals surface area contributed by atoms with Gasteiger partial charge in [0.05, 0.1) is 0 Å². The molecule has 0 heterocycles. The lowest BCUT2D eigenvalue weighted by molar-refractivity contribution is 0.452. The molecule has 2 N–H and O–H groups in total. The van der Waals surface area contributed by atoms with Gasteiger partial charge in [-0.25, -0.2) is 0 Å². The van der Waals surface area contributed by atoms with Gasteiger partial charge in [0.1, 0.15) is 11.5 Å². The molecule has 0 aromatic heterocycles. The summed E-state index contributed by atoms with van der Waals surface area (Å²) in [6.45, 7) is 14.9. The van der Waals surface area contributed by atoms with Crippen molar-refractivity contribution in [2.45, 2.75) is 80.6 Å². The second kappa shape index (κ2) is 12.4. The molecule has 0 saturated carbocycles. The highest BCUT2D eigenvalue weighted by Gasteiger charge is 2.09. The quantitative estimate of drug-likeness (QED) is 0.311. The van der Waals surface area contributed by atoms with Crippen LogP contribution < -0.4 is 0 Å². The van der Waals surface area contributed by atoms with Crippen molar-refractivity contribution in [2.75, 3.05) is 0 Å². The van der Waals surface area contributed by atoms with E-state index in [1.807, 2.05) is 6.92 Å². The lowest BCUT2D eigenvalue weighted by atomic mass is 9.92. The van der Waals surface area contributed by atoms with Gasteiger partial charge in [0.25, 0.3) is 0 Å². The number of rotatable bonds is 10. The Bertz CT molecular complexity index is 783. The Balaban J connectivity index is 2.80. The Morgan fingerprint density at radius 1 is 0.862 bits per heavy atom. The largest absolute Gasteiger partial charge is 0.508 e. The topological polar surface area (TPSA) is 40.5 Å². The summed E-state index contributed by atoms with van der Waals surface area (Å²) in [5.41, 5.74) is 7.05. The number of phenols is 2. The van der Waals surface area contributed by atoms with Crippen LogP contribution in [0, 0.1) is 12.8 Å². The van der Waals surface area contributed by atoms with E-state index < -0.39 is 0 Å². The van der Waals surface area contributed by atoms with E-state index in [1.54, 1.807) is 12.1 Å². The summed E-state index contributed by atoms with van der Waals surface area (Å²) in [5, 5.41) is 20.0. The van der Waals surface area contributed by atoms with Crippen LogP contribution in [0.2, 0.25) is 0 Å². The minimum Gasteiger partial charge on any atom is -0.508 e. The predicted octanol–water partition coefficient (Wildman–Crippen LogP) is 7.95. The average Bonchev–Trinajstić information content (AvgIpc) is 2.62. The van der Waals surface area contributed by atoms with Gasteiger partial charge in [-0.1, -0.05) is 46.6 Å². The van der Waals surface area contributed by atoms with Crippen LogP contribution in [-0.2, 0) is 6.42 Å². The summed E-state index contributed by atoms with van der Waals surface area (Å²) in [5.74, 6) is 0.966. The second-order valence-corrected chi connectivity index (χ2v) is 8.78. The molecule has 0 aliphatic heterocycles. The van der Waals surface area contributed by atoms with Crippen molar-refractivity contribution in [3.8, 4) is 11.5 Å². The summed E-state index contributed by atoms with van der Waals surface area (Å²) < 4.78 is 0. The highest BCUT2D eigenvalue weighted by Crippen LogP contribution is 2.29. The summed E-state index contributed by atoms with van der Waals surface area (Å²) >= 11 is 0. The van der Waals surface area contributed by atoms with Gasteiger partial charge in [-0.2, -0.15) is 0 Å². The molecule has 1 aromatic rings. The smallest absolute Gasteiger partial charge is 0.119 e. The predicted molar refractivity (Wildman–Crippen MR) is 127 cm³/mol. The van der Waals surface area contributed by atoms with Gasteiger partial charge in [0.2, 0.25) is 0 Å². The number of benzene rings is 1. The highest BCUT2D eigenvalue weighted by molar-refractivity contribution is 5.47. The molecule has 1 atom stereocenters. The van der Waals surface area contributed by atoms with Crippen molar-refractivity contribution in [1.82, 2.24) is 0 Å². The van der Waals surface area contributed by atoms with Crippen molar-refractivity contribution in [3.63, 3.8) is 0 Å². The molecule has 160 valence electrons. The molecule has 0 aliphatic carbocycles. The average molecular weight is 397 g/mol. The standard InChI is InChI=1S/C27H40O2/c1-19(2)9-8-10-21(5)11-13-24(17-20(3)4)18-22(6)12-14-25-23(7)26(28)15-16-27(25)29/h9,11-12,15-17,24,28-29H,8,10,13-14,18H2,1-7H3/b21-11+,22-12+. The van der Waals surface area contributed by atoms with E-state index in [-0.39, 0.29) is 11.5 Å². The van der Waals surface area contributed by atoms with E-state index in [1.165, 1.54) is 22.3 Å². The van der Waals surface area contributed by atoms with Crippen LogP contribution in [-0.4, -0.2) is 10.2 Å². The molecule has 0 saturated heterocycles. The lowest BCUT2D eigenvalue weighted by Crippen LogP contribution is -1.99. The van der Waals surface area contributed by atoms with E-state index in [0.29, 0.717) is 12.3 Å². The van der Waals surface area contributed by atoms with Crippen molar-refractivity contribution >= 4 is 0 Å². The van der Waals surface area contributed by atoms with E-state index in [2.05, 4.69) is 65.8 Å². The third-order valence-corrected chi connectivity index (χ3v) is 5.21. The Kier molecular flexibility index (Phi) is 10.6. The highest BCUT2D eigenvalue weighted by atomic mass is 16.3. The molecule has 0 amide bonds. The third-order valence-electron chi connectivity index (χ3n) is 5.21. The maximum absolute atomic E-state index is 10.1. The molecule has 2 nitrogen and oxygen atoms in total. The summed E-state index contributed by atoms with van der Waals surface area (Å²) in [6.07, 6.45) is 14.2. The zero-order chi connectivity index (χ0) is 22.0. The zero-order valence-electron chi connectivity index (χ0n) is 19.5. The number of allylic oxidation sites excluding steroid dienone is 8. The van der Waals surface area contributed by atoms with Gasteiger partial charge in [-0.15, -0.1) is 0 Å². The first kappa shape index (κ1) is 24.8. The number of phenolic OH excluding ortho intramolecular Hbond substituents is 2. The number of aromatic hydroxyl groups is 2. The maximum Gasteiger partial charge on any atom is 0.119 e. The van der Waals surface area contributed by atoms with Crippen LogP contribution in [0.5, 0.6) is 11.5 Å². The van der Waals surface area contributed by atoms with Crippen molar-refractivity contribution < 1.29 is 10.2 Å². The van der Waals surface area contributed by atoms with Crippen LogP contribution in [0.4, 0.5) is 0 Å².